The Balaban J connectivity index is 2.16. The maximum Gasteiger partial charge on any atom is 0.119 e. The quantitative estimate of drug-likeness (QED) is 0.711. The molecule has 3 rings (SSSR count). The fourth-order valence-electron chi connectivity index (χ4n) is 2.25. The van der Waals surface area contributed by atoms with Crippen molar-refractivity contribution in [2.45, 2.75) is 6.92 Å². The number of ether oxygens (including phenoxy) is 1. The highest BCUT2D eigenvalue weighted by Crippen LogP contribution is 2.28. The molecule has 0 saturated heterocycles. The molecule has 0 saturated carbocycles. The van der Waals surface area contributed by atoms with E-state index < -0.39 is 0 Å². The van der Waals surface area contributed by atoms with Crippen LogP contribution < -0.4 is 4.74 Å². The van der Waals surface area contributed by atoms with E-state index in [1.165, 1.54) is 16.5 Å². The van der Waals surface area contributed by atoms with Crippen LogP contribution in [-0.4, -0.2) is 12.1 Å². The van der Waals surface area contributed by atoms with Crippen LogP contribution in [0.5, 0.6) is 5.75 Å². The van der Waals surface area contributed by atoms with E-state index in [9.17, 15) is 0 Å². The molecule has 0 amide bonds. The fraction of sp³-hybridized carbons (Fsp3) is 0.125. The van der Waals surface area contributed by atoms with Gasteiger partial charge in [-0.2, -0.15) is 0 Å². The monoisotopic (exact) mass is 237 g/mol. The van der Waals surface area contributed by atoms with Crippen LogP contribution in [0, 0.1) is 6.92 Å². The van der Waals surface area contributed by atoms with Gasteiger partial charge < -0.3 is 9.72 Å². The molecular formula is C16H15NO. The summed E-state index contributed by atoms with van der Waals surface area (Å²) in [6.07, 6.45) is 0. The third-order valence-corrected chi connectivity index (χ3v) is 3.26. The lowest BCUT2D eigenvalue weighted by Crippen LogP contribution is -1.83. The van der Waals surface area contributed by atoms with Crippen molar-refractivity contribution < 1.29 is 4.74 Å². The molecule has 0 aliphatic heterocycles. The summed E-state index contributed by atoms with van der Waals surface area (Å²) in [6, 6.07) is 16.6. The number of benzene rings is 2. The van der Waals surface area contributed by atoms with Gasteiger partial charge in [0.05, 0.1) is 7.11 Å². The zero-order valence-corrected chi connectivity index (χ0v) is 10.5. The first-order chi connectivity index (χ1) is 8.78. The van der Waals surface area contributed by atoms with Gasteiger partial charge in [0.15, 0.2) is 0 Å². The number of aromatic amines is 1. The average molecular weight is 237 g/mol. The van der Waals surface area contributed by atoms with E-state index in [0.717, 1.165) is 17.0 Å². The van der Waals surface area contributed by atoms with Gasteiger partial charge in [-0.05, 0) is 36.8 Å². The second kappa shape index (κ2) is 4.22. The average Bonchev–Trinajstić information content (AvgIpc) is 2.84. The second-order valence-electron chi connectivity index (χ2n) is 4.45. The predicted octanol–water partition coefficient (Wildman–Crippen LogP) is 4.15. The van der Waals surface area contributed by atoms with E-state index in [2.05, 4.69) is 42.2 Å². The molecule has 3 aromatic rings. The summed E-state index contributed by atoms with van der Waals surface area (Å²) in [7, 11) is 1.69. The highest BCUT2D eigenvalue weighted by molar-refractivity contribution is 5.88. The van der Waals surface area contributed by atoms with E-state index >= 15 is 0 Å². The maximum absolute atomic E-state index is 5.26. The van der Waals surface area contributed by atoms with E-state index in [1.807, 2.05) is 18.2 Å². The minimum Gasteiger partial charge on any atom is -0.497 e. The molecule has 18 heavy (non-hydrogen) atoms. The Morgan fingerprint density at radius 3 is 2.61 bits per heavy atom. The lowest BCUT2D eigenvalue weighted by molar-refractivity contribution is 0.415. The van der Waals surface area contributed by atoms with E-state index in [1.54, 1.807) is 7.11 Å². The second-order valence-corrected chi connectivity index (χ2v) is 4.45. The molecule has 2 aromatic carbocycles. The van der Waals surface area contributed by atoms with Crippen LogP contribution in [0.25, 0.3) is 22.2 Å². The number of hydrogen-bond acceptors (Lipinski definition) is 1. The van der Waals surface area contributed by atoms with Crippen LogP contribution in [0.15, 0.2) is 48.5 Å². The summed E-state index contributed by atoms with van der Waals surface area (Å²) in [4.78, 5) is 3.45. The highest BCUT2D eigenvalue weighted by Gasteiger charge is 2.05. The van der Waals surface area contributed by atoms with Gasteiger partial charge >= 0.3 is 0 Å². The first kappa shape index (κ1) is 10.9. The minimum atomic E-state index is 0.878. The highest BCUT2D eigenvalue weighted by atomic mass is 16.5. The predicted molar refractivity (Wildman–Crippen MR) is 75.0 cm³/mol. The molecule has 0 spiro atoms. The van der Waals surface area contributed by atoms with Crippen molar-refractivity contribution >= 4 is 10.9 Å². The summed E-state index contributed by atoms with van der Waals surface area (Å²) < 4.78 is 5.26. The molecule has 2 heteroatoms. The zero-order valence-electron chi connectivity index (χ0n) is 10.5. The standard InChI is InChI=1S/C16H15NO/c1-11-5-3-8-15-14(11)10-16(17-15)12-6-4-7-13(9-12)18-2/h3-10,17H,1-2H3. The zero-order chi connectivity index (χ0) is 12.5. The smallest absolute Gasteiger partial charge is 0.119 e. The molecule has 0 unspecified atom stereocenters. The third kappa shape index (κ3) is 1.76. The molecule has 1 heterocycles. The molecule has 0 aliphatic carbocycles. The molecule has 1 aromatic heterocycles. The number of methoxy groups -OCH3 is 1. The summed E-state index contributed by atoms with van der Waals surface area (Å²) in [5.41, 5.74) is 4.73. The van der Waals surface area contributed by atoms with Crippen molar-refractivity contribution in [1.82, 2.24) is 4.98 Å². The number of aromatic nitrogens is 1. The number of H-pyrrole nitrogens is 1. The summed E-state index contributed by atoms with van der Waals surface area (Å²) in [5.74, 6) is 0.878. The lowest BCUT2D eigenvalue weighted by Gasteiger charge is -2.02. The number of rotatable bonds is 2. The first-order valence-corrected chi connectivity index (χ1v) is 6.01. The van der Waals surface area contributed by atoms with E-state index in [-0.39, 0.29) is 0 Å². The van der Waals surface area contributed by atoms with Gasteiger partial charge in [0.25, 0.3) is 0 Å². The van der Waals surface area contributed by atoms with E-state index in [4.69, 9.17) is 4.74 Å². The SMILES string of the molecule is COc1cccc(-c2cc3c(C)cccc3[nH]2)c1. The van der Waals surface area contributed by atoms with Crippen molar-refractivity contribution in [3.05, 3.63) is 54.1 Å². The summed E-state index contributed by atoms with van der Waals surface area (Å²) in [6.45, 7) is 2.13. The number of fused-ring (bicyclic) bond motifs is 1. The van der Waals surface area contributed by atoms with Crippen molar-refractivity contribution in [1.29, 1.82) is 0 Å². The van der Waals surface area contributed by atoms with Crippen LogP contribution >= 0.6 is 0 Å². The number of aryl methyl sites for hydroxylation is 1. The molecular weight excluding hydrogens is 222 g/mol. The molecule has 2 nitrogen and oxygen atoms in total. The van der Waals surface area contributed by atoms with Gasteiger partial charge in [0, 0.05) is 22.2 Å². The van der Waals surface area contributed by atoms with Crippen molar-refractivity contribution in [3.63, 3.8) is 0 Å². The van der Waals surface area contributed by atoms with Crippen LogP contribution in [0.4, 0.5) is 0 Å². The topological polar surface area (TPSA) is 25.0 Å². The van der Waals surface area contributed by atoms with Gasteiger partial charge in [0.2, 0.25) is 0 Å². The Bertz CT molecular complexity index is 697. The van der Waals surface area contributed by atoms with Gasteiger partial charge in [0.1, 0.15) is 5.75 Å². The largest absolute Gasteiger partial charge is 0.497 e. The normalized spacial score (nSPS) is 10.8. The Hall–Kier alpha value is -2.22. The fourth-order valence-corrected chi connectivity index (χ4v) is 2.25. The molecule has 0 bridgehead atoms. The van der Waals surface area contributed by atoms with Crippen LogP contribution in [0.3, 0.4) is 0 Å². The molecule has 0 aliphatic rings. The van der Waals surface area contributed by atoms with Gasteiger partial charge in [-0.25, -0.2) is 0 Å². The molecule has 0 atom stereocenters. The van der Waals surface area contributed by atoms with Crippen molar-refractivity contribution in [2.75, 3.05) is 7.11 Å². The van der Waals surface area contributed by atoms with Crippen molar-refractivity contribution in [2.24, 2.45) is 0 Å². The van der Waals surface area contributed by atoms with Crippen LogP contribution in [-0.2, 0) is 0 Å². The summed E-state index contributed by atoms with van der Waals surface area (Å²) >= 11 is 0. The Labute approximate surface area is 106 Å². The third-order valence-electron chi connectivity index (χ3n) is 3.26. The Morgan fingerprint density at radius 1 is 1.00 bits per heavy atom. The molecule has 1 N–H and O–H groups in total. The minimum absolute atomic E-state index is 0.878. The Morgan fingerprint density at radius 2 is 1.83 bits per heavy atom. The maximum atomic E-state index is 5.26. The van der Waals surface area contributed by atoms with Gasteiger partial charge in [-0.3, -0.25) is 0 Å². The van der Waals surface area contributed by atoms with Gasteiger partial charge in [-0.1, -0.05) is 24.3 Å². The summed E-state index contributed by atoms with van der Waals surface area (Å²) in [5, 5.41) is 1.27. The number of nitrogens with one attached hydrogen (secondary N) is 1. The lowest BCUT2D eigenvalue weighted by atomic mass is 10.1. The van der Waals surface area contributed by atoms with Crippen molar-refractivity contribution in [3.8, 4) is 17.0 Å². The van der Waals surface area contributed by atoms with Gasteiger partial charge in [-0.15, -0.1) is 0 Å². The Kier molecular flexibility index (Phi) is 2.56. The van der Waals surface area contributed by atoms with Crippen LogP contribution in [0.2, 0.25) is 0 Å². The molecule has 0 fully saturated rings. The molecule has 90 valence electrons. The van der Waals surface area contributed by atoms with Crippen LogP contribution in [0.1, 0.15) is 5.56 Å². The molecule has 0 radical (unpaired) electrons. The van der Waals surface area contributed by atoms with E-state index in [0.29, 0.717) is 0 Å². The first-order valence-electron chi connectivity index (χ1n) is 6.01. The number of hydrogen-bond donors (Lipinski definition) is 1.